The van der Waals surface area contributed by atoms with Gasteiger partial charge in [0, 0.05) is 15.6 Å². The van der Waals surface area contributed by atoms with Crippen LogP contribution in [-0.2, 0) is 16.1 Å². The third-order valence-corrected chi connectivity index (χ3v) is 5.25. The summed E-state index contributed by atoms with van der Waals surface area (Å²) in [6.07, 6.45) is 1.50. The number of rotatable bonds is 4. The first-order valence-electron chi connectivity index (χ1n) is 8.78. The molecule has 1 N–H and O–H groups in total. The van der Waals surface area contributed by atoms with Crippen molar-refractivity contribution in [2.45, 2.75) is 12.6 Å². The van der Waals surface area contributed by atoms with Gasteiger partial charge in [0.05, 0.1) is 24.4 Å². The molecule has 0 unspecified atom stereocenters. The highest BCUT2D eigenvalue weighted by Gasteiger charge is 2.46. The fraction of sp³-hybridized carbons (Fsp3) is 0.0909. The molecule has 1 amide bonds. The van der Waals surface area contributed by atoms with Gasteiger partial charge in [-0.15, -0.1) is 0 Å². The van der Waals surface area contributed by atoms with Crippen LogP contribution < -0.4 is 0 Å². The smallest absolute Gasteiger partial charge is 0.296 e. The predicted octanol–water partition coefficient (Wildman–Crippen LogP) is 5.21. The molecule has 3 aromatic rings. The van der Waals surface area contributed by atoms with Crippen LogP contribution in [0.25, 0.3) is 5.76 Å². The van der Waals surface area contributed by atoms with E-state index in [-0.39, 0.29) is 17.9 Å². The van der Waals surface area contributed by atoms with Crippen LogP contribution in [0.4, 0.5) is 0 Å². The molecule has 1 aromatic heterocycles. The maximum atomic E-state index is 12.9. The van der Waals surface area contributed by atoms with Gasteiger partial charge in [-0.05, 0) is 54.1 Å². The first-order chi connectivity index (χ1) is 14.0. The number of halogens is 2. The van der Waals surface area contributed by atoms with Crippen molar-refractivity contribution in [2.75, 3.05) is 0 Å². The largest absolute Gasteiger partial charge is 0.507 e. The molecule has 29 heavy (non-hydrogen) atoms. The quantitative estimate of drug-likeness (QED) is 0.352. The molecule has 1 fully saturated rings. The minimum absolute atomic E-state index is 0.00574. The van der Waals surface area contributed by atoms with Crippen LogP contribution in [-0.4, -0.2) is 21.7 Å². The Morgan fingerprint density at radius 2 is 1.59 bits per heavy atom. The Morgan fingerprint density at radius 3 is 2.17 bits per heavy atom. The molecule has 7 heteroatoms. The number of aliphatic hydroxyl groups is 1. The van der Waals surface area contributed by atoms with E-state index in [2.05, 4.69) is 0 Å². The van der Waals surface area contributed by atoms with Crippen LogP contribution in [0.2, 0.25) is 10.0 Å². The highest BCUT2D eigenvalue weighted by molar-refractivity contribution is 6.46. The zero-order chi connectivity index (χ0) is 20.5. The summed E-state index contributed by atoms with van der Waals surface area (Å²) < 4.78 is 5.36. The normalized spacial score (nSPS) is 18.4. The fourth-order valence-corrected chi connectivity index (χ4v) is 3.62. The lowest BCUT2D eigenvalue weighted by Crippen LogP contribution is -2.29. The average Bonchev–Trinajstić information content (AvgIpc) is 3.31. The lowest BCUT2D eigenvalue weighted by Gasteiger charge is -2.24. The predicted molar refractivity (Wildman–Crippen MR) is 109 cm³/mol. The zero-order valence-corrected chi connectivity index (χ0v) is 16.5. The van der Waals surface area contributed by atoms with E-state index >= 15 is 0 Å². The Labute approximate surface area is 176 Å². The highest BCUT2D eigenvalue weighted by atomic mass is 35.5. The van der Waals surface area contributed by atoms with Crippen LogP contribution in [0.15, 0.2) is 76.9 Å². The third-order valence-electron chi connectivity index (χ3n) is 4.75. The van der Waals surface area contributed by atoms with Gasteiger partial charge in [0.25, 0.3) is 11.7 Å². The molecule has 0 radical (unpaired) electrons. The SMILES string of the molecule is O=C1C(=O)N(Cc2ccco2)[C@@H](c2ccc(Cl)cc2)/C1=C(\O)c1ccc(Cl)cc1. The van der Waals surface area contributed by atoms with Crippen LogP contribution >= 0.6 is 23.2 Å². The number of ketones is 1. The van der Waals surface area contributed by atoms with Crippen LogP contribution in [0, 0.1) is 0 Å². The van der Waals surface area contributed by atoms with Crippen molar-refractivity contribution in [3.63, 3.8) is 0 Å². The van der Waals surface area contributed by atoms with Crippen molar-refractivity contribution in [2.24, 2.45) is 0 Å². The second kappa shape index (κ2) is 7.78. The van der Waals surface area contributed by atoms with Crippen LogP contribution in [0.1, 0.15) is 22.9 Å². The number of carbonyl (C=O) groups excluding carboxylic acids is 2. The minimum Gasteiger partial charge on any atom is -0.507 e. The van der Waals surface area contributed by atoms with E-state index in [1.165, 1.54) is 11.2 Å². The monoisotopic (exact) mass is 427 g/mol. The summed E-state index contributed by atoms with van der Waals surface area (Å²) in [5.41, 5.74) is 1.05. The Kier molecular flexibility index (Phi) is 5.18. The molecule has 4 rings (SSSR count). The molecule has 1 aliphatic rings. The number of hydrogen-bond acceptors (Lipinski definition) is 4. The molecule has 5 nitrogen and oxygen atoms in total. The molecule has 1 aliphatic heterocycles. The van der Waals surface area contributed by atoms with Crippen molar-refractivity contribution in [1.82, 2.24) is 4.90 Å². The van der Waals surface area contributed by atoms with Crippen molar-refractivity contribution >= 4 is 40.7 Å². The molecule has 0 aliphatic carbocycles. The van der Waals surface area contributed by atoms with E-state index in [1.807, 2.05) is 0 Å². The lowest BCUT2D eigenvalue weighted by molar-refractivity contribution is -0.140. The van der Waals surface area contributed by atoms with Gasteiger partial charge in [-0.25, -0.2) is 0 Å². The first-order valence-corrected chi connectivity index (χ1v) is 9.53. The third kappa shape index (κ3) is 3.67. The summed E-state index contributed by atoms with van der Waals surface area (Å²) in [6, 6.07) is 15.8. The topological polar surface area (TPSA) is 70.8 Å². The molecular weight excluding hydrogens is 413 g/mol. The molecule has 146 valence electrons. The van der Waals surface area contributed by atoms with E-state index in [4.69, 9.17) is 27.6 Å². The van der Waals surface area contributed by atoms with Gasteiger partial charge in [0.1, 0.15) is 11.5 Å². The number of benzene rings is 2. The summed E-state index contributed by atoms with van der Waals surface area (Å²) in [7, 11) is 0. The maximum Gasteiger partial charge on any atom is 0.296 e. The molecule has 1 atom stereocenters. The molecular formula is C22H15Cl2NO4. The first kappa shape index (κ1) is 19.3. The van der Waals surface area contributed by atoms with Crippen molar-refractivity contribution in [3.05, 3.63) is 99.4 Å². The average molecular weight is 428 g/mol. The summed E-state index contributed by atoms with van der Waals surface area (Å²) >= 11 is 11.9. The van der Waals surface area contributed by atoms with Crippen LogP contribution in [0.3, 0.4) is 0 Å². The molecule has 2 heterocycles. The van der Waals surface area contributed by atoms with Gasteiger partial charge in [0.2, 0.25) is 0 Å². The Hall–Kier alpha value is -3.02. The van der Waals surface area contributed by atoms with Crippen molar-refractivity contribution < 1.29 is 19.1 Å². The van der Waals surface area contributed by atoms with Crippen LogP contribution in [0.5, 0.6) is 0 Å². The van der Waals surface area contributed by atoms with E-state index in [0.29, 0.717) is 26.9 Å². The molecule has 0 spiro atoms. The number of carbonyl (C=O) groups is 2. The van der Waals surface area contributed by atoms with Gasteiger partial charge in [-0.3, -0.25) is 9.59 Å². The fourth-order valence-electron chi connectivity index (χ4n) is 3.37. The summed E-state index contributed by atoms with van der Waals surface area (Å²) in [5, 5.41) is 11.9. The standard InChI is InChI=1S/C22H15Cl2NO4/c23-15-7-3-13(4-8-15)19-18(20(26)14-5-9-16(24)10-6-14)21(27)22(28)25(19)12-17-2-1-11-29-17/h1-11,19,26H,12H2/b20-18+/t19-/m0/s1. The number of hydrogen-bond donors (Lipinski definition) is 1. The molecule has 0 saturated carbocycles. The van der Waals surface area contributed by atoms with Gasteiger partial charge >= 0.3 is 0 Å². The Morgan fingerprint density at radius 1 is 0.966 bits per heavy atom. The number of furan rings is 1. The number of Topliss-reactive ketones (excluding diaryl/α,β-unsaturated/α-hetero) is 1. The lowest BCUT2D eigenvalue weighted by atomic mass is 9.95. The summed E-state index contributed by atoms with van der Waals surface area (Å²) in [6.45, 7) is 0.0856. The number of aliphatic hydroxyl groups excluding tert-OH is 1. The number of amides is 1. The second-order valence-electron chi connectivity index (χ2n) is 6.56. The second-order valence-corrected chi connectivity index (χ2v) is 7.44. The van der Waals surface area contributed by atoms with Gasteiger partial charge < -0.3 is 14.4 Å². The molecule has 1 saturated heterocycles. The van der Waals surface area contributed by atoms with E-state index in [9.17, 15) is 14.7 Å². The minimum atomic E-state index is -0.784. The van der Waals surface area contributed by atoms with E-state index in [0.717, 1.165) is 0 Å². The van der Waals surface area contributed by atoms with E-state index in [1.54, 1.807) is 60.7 Å². The molecule has 2 aromatic carbocycles. The van der Waals surface area contributed by atoms with Gasteiger partial charge in [0.15, 0.2) is 0 Å². The van der Waals surface area contributed by atoms with Crippen molar-refractivity contribution in [1.29, 1.82) is 0 Å². The van der Waals surface area contributed by atoms with E-state index < -0.39 is 17.7 Å². The summed E-state index contributed by atoms with van der Waals surface area (Å²) in [5.74, 6) is -1.21. The number of likely N-dealkylation sites (tertiary alicyclic amines) is 1. The molecule has 0 bridgehead atoms. The van der Waals surface area contributed by atoms with Gasteiger partial charge in [-0.2, -0.15) is 0 Å². The number of nitrogens with zero attached hydrogens (tertiary/aromatic N) is 1. The van der Waals surface area contributed by atoms with Crippen molar-refractivity contribution in [3.8, 4) is 0 Å². The zero-order valence-electron chi connectivity index (χ0n) is 15.0. The Bertz CT molecular complexity index is 1090. The summed E-state index contributed by atoms with van der Waals surface area (Å²) in [4.78, 5) is 27.1. The Balaban J connectivity index is 1.86. The van der Waals surface area contributed by atoms with Gasteiger partial charge in [-0.1, -0.05) is 35.3 Å². The highest BCUT2D eigenvalue weighted by Crippen LogP contribution is 2.40. The maximum absolute atomic E-state index is 12.9.